The molecule has 0 fully saturated rings. The van der Waals surface area contributed by atoms with Crippen LogP contribution in [0.3, 0.4) is 0 Å². The number of hydrogen-bond acceptors (Lipinski definition) is 4. The molecule has 7 aromatic carbocycles. The predicted molar refractivity (Wildman–Crippen MR) is 231 cm³/mol. The van der Waals surface area contributed by atoms with E-state index in [0.717, 1.165) is 94.7 Å². The molecule has 56 heavy (non-hydrogen) atoms. The highest BCUT2D eigenvalue weighted by Gasteiger charge is 2.15. The molecule has 0 aliphatic carbocycles. The molecule has 0 spiro atoms. The van der Waals surface area contributed by atoms with Crippen LogP contribution in [0.25, 0.3) is 100 Å². The number of fused-ring (bicyclic) bond motifs is 3. The van der Waals surface area contributed by atoms with Gasteiger partial charge in [-0.2, -0.15) is 0 Å². The summed E-state index contributed by atoms with van der Waals surface area (Å²) in [6.45, 7) is 0. The smallest absolute Gasteiger partial charge is 0.160 e. The first kappa shape index (κ1) is 33.0. The number of hydrogen-bond donors (Lipinski definition) is 0. The van der Waals surface area contributed by atoms with Crippen LogP contribution in [0.4, 0.5) is 0 Å². The molecule has 3 aromatic heterocycles. The van der Waals surface area contributed by atoms with Crippen molar-refractivity contribution >= 4 is 21.8 Å². The molecule has 0 N–H and O–H groups in total. The van der Waals surface area contributed by atoms with Gasteiger partial charge in [-0.05, 0) is 46.5 Å². The first-order chi connectivity index (χ1) is 27.7. The van der Waals surface area contributed by atoms with Gasteiger partial charge in [-0.25, -0.2) is 19.9 Å². The third-order valence-corrected chi connectivity index (χ3v) is 10.3. The Hall–Kier alpha value is -7.56. The van der Waals surface area contributed by atoms with Gasteiger partial charge in [0, 0.05) is 38.6 Å². The van der Waals surface area contributed by atoms with E-state index in [0.29, 0.717) is 5.82 Å². The summed E-state index contributed by atoms with van der Waals surface area (Å²) in [5.41, 5.74) is 15.1. The van der Waals surface area contributed by atoms with E-state index < -0.39 is 0 Å². The molecule has 0 aliphatic rings. The standard InChI is InChI=1S/C52H34N4/c1-5-14-36(15-6-1)45-33-47(37-16-7-2-8-17-37)54-51-44(45)30-28-40-29-31-46(53-50(40)51)43-23-13-22-42(32-43)35-24-26-39(27-25-35)49-34-48(38-18-9-3-10-19-38)55-52(56-49)41-20-11-4-12-21-41/h1-34H. The van der Waals surface area contributed by atoms with Crippen LogP contribution in [0, 0.1) is 0 Å². The van der Waals surface area contributed by atoms with Crippen molar-refractivity contribution in [1.82, 2.24) is 19.9 Å². The van der Waals surface area contributed by atoms with Crippen LogP contribution in [0.5, 0.6) is 0 Å². The molecule has 0 aliphatic heterocycles. The molecule has 0 amide bonds. The summed E-state index contributed by atoms with van der Waals surface area (Å²) in [6, 6.07) is 71.5. The average Bonchev–Trinajstić information content (AvgIpc) is 3.29. The van der Waals surface area contributed by atoms with Crippen molar-refractivity contribution in [2.24, 2.45) is 0 Å². The van der Waals surface area contributed by atoms with Gasteiger partial charge in [-0.15, -0.1) is 0 Å². The minimum absolute atomic E-state index is 0.706. The molecule has 4 heteroatoms. The monoisotopic (exact) mass is 714 g/mol. The molecule has 0 bridgehead atoms. The Morgan fingerprint density at radius 1 is 0.250 bits per heavy atom. The fourth-order valence-corrected chi connectivity index (χ4v) is 7.41. The molecule has 0 radical (unpaired) electrons. The normalized spacial score (nSPS) is 11.2. The van der Waals surface area contributed by atoms with Crippen molar-refractivity contribution in [1.29, 1.82) is 0 Å². The average molecular weight is 715 g/mol. The first-order valence-corrected chi connectivity index (χ1v) is 18.8. The van der Waals surface area contributed by atoms with E-state index >= 15 is 0 Å². The summed E-state index contributed by atoms with van der Waals surface area (Å²) in [5.74, 6) is 0.706. The third kappa shape index (κ3) is 6.40. The zero-order valence-electron chi connectivity index (χ0n) is 30.4. The van der Waals surface area contributed by atoms with E-state index in [2.05, 4.69) is 164 Å². The molecule has 0 unspecified atom stereocenters. The van der Waals surface area contributed by atoms with Crippen molar-refractivity contribution in [3.05, 3.63) is 206 Å². The molecular formula is C52H34N4. The van der Waals surface area contributed by atoms with Crippen LogP contribution in [0.2, 0.25) is 0 Å². The molecule has 0 saturated heterocycles. The van der Waals surface area contributed by atoms with Crippen molar-refractivity contribution in [2.45, 2.75) is 0 Å². The molecule has 10 rings (SSSR count). The van der Waals surface area contributed by atoms with Gasteiger partial charge >= 0.3 is 0 Å². The summed E-state index contributed by atoms with van der Waals surface area (Å²) in [4.78, 5) is 20.6. The highest BCUT2D eigenvalue weighted by atomic mass is 14.9. The molecule has 0 atom stereocenters. The van der Waals surface area contributed by atoms with Gasteiger partial charge in [0.1, 0.15) is 0 Å². The number of rotatable bonds is 7. The molecule has 10 aromatic rings. The first-order valence-electron chi connectivity index (χ1n) is 18.8. The second kappa shape index (κ2) is 14.3. The van der Waals surface area contributed by atoms with E-state index in [-0.39, 0.29) is 0 Å². The topological polar surface area (TPSA) is 51.6 Å². The fraction of sp³-hybridized carbons (Fsp3) is 0. The van der Waals surface area contributed by atoms with E-state index in [1.54, 1.807) is 0 Å². The van der Waals surface area contributed by atoms with Crippen molar-refractivity contribution in [3.63, 3.8) is 0 Å². The zero-order valence-corrected chi connectivity index (χ0v) is 30.4. The highest BCUT2D eigenvalue weighted by Crippen LogP contribution is 2.37. The van der Waals surface area contributed by atoms with Gasteiger partial charge in [0.25, 0.3) is 0 Å². The van der Waals surface area contributed by atoms with Gasteiger partial charge in [-0.1, -0.05) is 182 Å². The second-order valence-corrected chi connectivity index (χ2v) is 13.9. The van der Waals surface area contributed by atoms with E-state index in [4.69, 9.17) is 19.9 Å². The maximum absolute atomic E-state index is 5.32. The quantitative estimate of drug-likeness (QED) is 0.154. The maximum atomic E-state index is 5.32. The summed E-state index contributed by atoms with van der Waals surface area (Å²) < 4.78 is 0. The van der Waals surface area contributed by atoms with Crippen molar-refractivity contribution in [2.75, 3.05) is 0 Å². The van der Waals surface area contributed by atoms with Crippen molar-refractivity contribution in [3.8, 4) is 78.7 Å². The van der Waals surface area contributed by atoms with Gasteiger partial charge in [0.05, 0.1) is 33.8 Å². The minimum Gasteiger partial charge on any atom is -0.245 e. The SMILES string of the molecule is c1ccc(-c2cc(-c3ccc(-c4cccc(-c5ccc6ccc7c(-c8ccccc8)cc(-c8ccccc8)nc7c6n5)c4)cc3)nc(-c3ccccc3)n2)cc1. The Morgan fingerprint density at radius 2 is 0.732 bits per heavy atom. The largest absolute Gasteiger partial charge is 0.245 e. The van der Waals surface area contributed by atoms with Gasteiger partial charge < -0.3 is 0 Å². The Labute approximate surface area is 325 Å². The highest BCUT2D eigenvalue weighted by molar-refractivity contribution is 6.09. The number of benzene rings is 7. The summed E-state index contributed by atoms with van der Waals surface area (Å²) in [6.07, 6.45) is 0. The Bertz CT molecular complexity index is 2930. The number of aromatic nitrogens is 4. The van der Waals surface area contributed by atoms with Crippen molar-refractivity contribution < 1.29 is 0 Å². The van der Waals surface area contributed by atoms with Crippen LogP contribution >= 0.6 is 0 Å². The van der Waals surface area contributed by atoms with E-state index in [1.807, 2.05) is 42.5 Å². The summed E-state index contributed by atoms with van der Waals surface area (Å²) >= 11 is 0. The lowest BCUT2D eigenvalue weighted by Gasteiger charge is -2.13. The summed E-state index contributed by atoms with van der Waals surface area (Å²) in [5, 5.41) is 2.14. The number of pyridine rings is 2. The van der Waals surface area contributed by atoms with Gasteiger partial charge in [0.15, 0.2) is 5.82 Å². The second-order valence-electron chi connectivity index (χ2n) is 13.9. The lowest BCUT2D eigenvalue weighted by molar-refractivity contribution is 1.18. The number of nitrogens with zero attached hydrogens (tertiary/aromatic N) is 4. The van der Waals surface area contributed by atoms with E-state index in [9.17, 15) is 0 Å². The molecule has 4 nitrogen and oxygen atoms in total. The van der Waals surface area contributed by atoms with Crippen LogP contribution in [-0.4, -0.2) is 19.9 Å². The minimum atomic E-state index is 0.706. The summed E-state index contributed by atoms with van der Waals surface area (Å²) in [7, 11) is 0. The van der Waals surface area contributed by atoms with Crippen LogP contribution in [0.1, 0.15) is 0 Å². The van der Waals surface area contributed by atoms with E-state index in [1.165, 1.54) is 0 Å². The lowest BCUT2D eigenvalue weighted by Crippen LogP contribution is -1.95. The van der Waals surface area contributed by atoms with Crippen LogP contribution in [0.15, 0.2) is 206 Å². The fourth-order valence-electron chi connectivity index (χ4n) is 7.41. The molecule has 0 saturated carbocycles. The maximum Gasteiger partial charge on any atom is 0.160 e. The van der Waals surface area contributed by atoms with Crippen LogP contribution < -0.4 is 0 Å². The Morgan fingerprint density at radius 3 is 1.38 bits per heavy atom. The molecule has 262 valence electrons. The predicted octanol–water partition coefficient (Wildman–Crippen LogP) is 13.2. The van der Waals surface area contributed by atoms with Gasteiger partial charge in [0.2, 0.25) is 0 Å². The van der Waals surface area contributed by atoms with Gasteiger partial charge in [-0.3, -0.25) is 0 Å². The molecule has 3 heterocycles. The Kier molecular flexibility index (Phi) is 8.47. The Balaban J connectivity index is 1.03. The zero-order chi connectivity index (χ0) is 37.3. The molecular weight excluding hydrogens is 681 g/mol. The van der Waals surface area contributed by atoms with Crippen LogP contribution in [-0.2, 0) is 0 Å². The lowest BCUT2D eigenvalue weighted by atomic mass is 9.96. The third-order valence-electron chi connectivity index (χ3n) is 10.3.